The number of aromatic nitrogens is 6. The number of hydrogen-bond acceptors (Lipinski definition) is 20. The highest BCUT2D eigenvalue weighted by atomic mass is 32.1. The van der Waals surface area contributed by atoms with Gasteiger partial charge in [0, 0.05) is 50.9 Å². The molecule has 22 nitrogen and oxygen atoms in total. The topological polar surface area (TPSA) is 312 Å². The van der Waals surface area contributed by atoms with Crippen molar-refractivity contribution in [3.8, 4) is 34.2 Å². The Morgan fingerprint density at radius 2 is 0.988 bits per heavy atom. The number of aliphatic hydroxyl groups excluding tert-OH is 2. The van der Waals surface area contributed by atoms with E-state index in [1.807, 2.05) is 91.0 Å². The van der Waals surface area contributed by atoms with E-state index in [4.69, 9.17) is 46.5 Å². The summed E-state index contributed by atoms with van der Waals surface area (Å²) in [4.78, 5) is 101. The number of carbonyl (C=O) groups is 4. The molecule has 3 unspecified atom stereocenters. The largest absolute Gasteiger partial charge is 0.458 e. The molecule has 0 saturated carbocycles. The van der Waals surface area contributed by atoms with Crippen LogP contribution in [0.4, 0.5) is 0 Å². The van der Waals surface area contributed by atoms with Gasteiger partial charge in [-0.1, -0.05) is 61.2 Å². The molecule has 0 fully saturated rings. The molecular weight excluding hydrogens is 1130 g/mol. The van der Waals surface area contributed by atoms with Crippen molar-refractivity contribution in [1.82, 2.24) is 28.7 Å². The Kier molecular flexibility index (Phi) is 15.8. The Labute approximate surface area is 491 Å². The van der Waals surface area contributed by atoms with Crippen LogP contribution in [-0.2, 0) is 82.3 Å². The number of nitrogens with zero attached hydrogens (tertiary/aromatic N) is 6. The number of pyridine rings is 6. The van der Waals surface area contributed by atoms with E-state index >= 15 is 0 Å². The van der Waals surface area contributed by atoms with E-state index in [1.165, 1.54) is 0 Å². The van der Waals surface area contributed by atoms with Crippen molar-refractivity contribution in [2.45, 2.75) is 77.0 Å². The summed E-state index contributed by atoms with van der Waals surface area (Å²) in [7, 11) is 2.25. The first-order chi connectivity index (χ1) is 41.5. The fraction of sp³-hybridized carbons (Fsp3) is 0.246. The number of nitrogens with two attached hydrogens (primary N) is 2. The summed E-state index contributed by atoms with van der Waals surface area (Å²) in [5.74, 6) is -2.86. The first-order valence-electron chi connectivity index (χ1n) is 27.3. The average molecular weight is 1190 g/mol. The van der Waals surface area contributed by atoms with Crippen molar-refractivity contribution in [1.29, 1.82) is 0 Å². The molecule has 0 amide bonds. The summed E-state index contributed by atoms with van der Waals surface area (Å²) >= 11 is 3.53. The van der Waals surface area contributed by atoms with Crippen LogP contribution in [0.5, 0.6) is 0 Å². The Morgan fingerprint density at radius 3 is 1.39 bits per heavy atom. The highest BCUT2D eigenvalue weighted by Crippen LogP contribution is 2.40. The van der Waals surface area contributed by atoms with Gasteiger partial charge in [-0.3, -0.25) is 19.2 Å². The van der Waals surface area contributed by atoms with Crippen LogP contribution < -0.4 is 28.1 Å². The van der Waals surface area contributed by atoms with Crippen molar-refractivity contribution < 1.29 is 54.4 Å². The van der Waals surface area contributed by atoms with E-state index in [-0.39, 0.29) is 43.0 Å². The maximum Gasteiger partial charge on any atom is 0.352 e. The number of para-hydroxylation sites is 3. The monoisotopic (exact) mass is 1190 g/mol. The van der Waals surface area contributed by atoms with Crippen LogP contribution in [0, 0.1) is 0 Å². The fourth-order valence-corrected chi connectivity index (χ4v) is 11.1. The van der Waals surface area contributed by atoms with E-state index < -0.39 is 54.5 Å². The minimum atomic E-state index is -1.42. The average Bonchev–Trinajstić information content (AvgIpc) is 1.71. The fourth-order valence-electron chi connectivity index (χ4n) is 11.1. The lowest BCUT2D eigenvalue weighted by molar-refractivity contribution is -0.189. The second-order valence-electron chi connectivity index (χ2n) is 20.2. The zero-order valence-electron chi connectivity index (χ0n) is 46.6. The van der Waals surface area contributed by atoms with Crippen molar-refractivity contribution in [2.75, 3.05) is 19.4 Å². The molecule has 9 aromatic rings. The maximum absolute atomic E-state index is 13.1. The highest BCUT2D eigenvalue weighted by molar-refractivity contribution is 7.79. The Bertz CT molecular complexity index is 4480. The van der Waals surface area contributed by atoms with E-state index in [9.17, 15) is 43.8 Å². The zero-order valence-corrected chi connectivity index (χ0v) is 47.6. The Balaban J connectivity index is 0.000000129. The summed E-state index contributed by atoms with van der Waals surface area (Å²) in [6, 6.07) is 33.7. The first-order valence-corrected chi connectivity index (χ1v) is 28.3. The van der Waals surface area contributed by atoms with Gasteiger partial charge in [0.05, 0.1) is 99.6 Å². The van der Waals surface area contributed by atoms with Crippen LogP contribution in [0.25, 0.3) is 66.9 Å². The van der Waals surface area contributed by atoms with Gasteiger partial charge >= 0.3 is 23.9 Å². The van der Waals surface area contributed by atoms with Gasteiger partial charge in [-0.25, -0.2) is 29.3 Å². The first kappa shape index (κ1) is 56.7. The second kappa shape index (κ2) is 23.7. The van der Waals surface area contributed by atoms with E-state index in [2.05, 4.69) is 26.9 Å². The van der Waals surface area contributed by atoms with Gasteiger partial charge < -0.3 is 59.1 Å². The number of carbonyl (C=O) groups excluding carboxylic acids is 4. The quantitative estimate of drug-likeness (QED) is 0.0509. The van der Waals surface area contributed by atoms with Gasteiger partial charge in [0.1, 0.15) is 19.8 Å². The van der Waals surface area contributed by atoms with Gasteiger partial charge in [-0.15, -0.1) is 9.24 Å². The number of fused-ring (bicyclic) bond motifs is 15. The predicted molar refractivity (Wildman–Crippen MR) is 318 cm³/mol. The number of ether oxygens (including phenoxy) is 5. The van der Waals surface area contributed by atoms with Gasteiger partial charge in [-0.2, -0.15) is 12.6 Å². The third-order valence-electron chi connectivity index (χ3n) is 15.2. The summed E-state index contributed by atoms with van der Waals surface area (Å²) in [6.45, 7) is 2.42. The molecule has 15 rings (SSSR count). The third-order valence-corrected chi connectivity index (χ3v) is 15.2. The highest BCUT2D eigenvalue weighted by Gasteiger charge is 2.40. The van der Waals surface area contributed by atoms with Gasteiger partial charge in [0.15, 0.2) is 18.5 Å². The van der Waals surface area contributed by atoms with Crippen LogP contribution in [0.15, 0.2) is 124 Å². The standard InChI is InChI=1S/C21H19N3O5.C20H15N3O5.C18H12N2O4.CH5P.CH4S/c1-10(22)20(26)29-18-13-7-16-17-12(6-11-4-2-3-5-15(11)23-17)8-24(16)19(25)14(13)9-28-21(18)27;21-7-16(24)28-18-12-6-15-17-11(5-10-3-1-2-4-14(10)22-17)8-23(15)19(25)13(12)9-27-20(18)26;21-16-11-6-14-15-10(5-9-3-1-2-4-13(9)19-15)7-20(14)17(22)12(11)8-24-18(16)23;2*1-2/h2-7,10,18,20,26H,8-9,22H2,1H3;1-6,18H,7-9,21H2;1-6,16,21H,7-8H2;2H2,1H3;2H,1H3/t10?,18-,20?;18-;16-;;/m000../s1/i;;;1T;. The number of rotatable bonds is 5. The lowest BCUT2D eigenvalue weighted by atomic mass is 10.00. The third kappa shape index (κ3) is 10.4. The lowest BCUT2D eigenvalue weighted by Crippen LogP contribution is -2.39. The van der Waals surface area contributed by atoms with Gasteiger partial charge in [-0.05, 0) is 67.8 Å². The van der Waals surface area contributed by atoms with Crippen molar-refractivity contribution in [3.05, 3.63) is 190 Å². The lowest BCUT2D eigenvalue weighted by Gasteiger charge is -2.28. The second-order valence-corrected chi connectivity index (χ2v) is 20.2. The molecule has 0 aliphatic carbocycles. The molecule has 434 valence electrons. The molecule has 85 heavy (non-hydrogen) atoms. The molecule has 6 aliphatic rings. The molecule has 6 N–H and O–H groups in total. The van der Waals surface area contributed by atoms with Crippen LogP contribution in [0.2, 0.25) is 0 Å². The van der Waals surface area contributed by atoms with E-state index in [1.54, 1.807) is 45.1 Å². The molecule has 24 heteroatoms. The summed E-state index contributed by atoms with van der Waals surface area (Å²) in [5, 5.41) is 23.1. The van der Waals surface area contributed by atoms with Gasteiger partial charge in [0.2, 0.25) is 6.10 Å². The van der Waals surface area contributed by atoms with Crippen LogP contribution in [-0.4, -0.2) is 94.5 Å². The Hall–Kier alpha value is -8.80. The number of aliphatic hydroxyl groups is 2. The summed E-state index contributed by atoms with van der Waals surface area (Å²) < 4.78 is 36.7. The molecule has 0 spiro atoms. The van der Waals surface area contributed by atoms with Crippen molar-refractivity contribution in [2.24, 2.45) is 11.5 Å². The normalized spacial score (nSPS) is 17.5. The van der Waals surface area contributed by atoms with Crippen LogP contribution in [0.1, 0.15) is 76.7 Å². The molecular formula is C61H55N8O14PS. The maximum atomic E-state index is 13.1. The molecule has 6 atom stereocenters. The SMILES string of the molecule is CC(N)C(O)O[C@@H]1C(=O)OCc2c1cc1n(c2=O)Cc2cc3ccccc3nc2-1.CS.NCC(=O)O[C@@H]1C(=O)OCc2c1cc1n(c2=O)Cc2cc3ccccc3nc2-1.O=C1OCc2c(cc3n(c2=O)Cc2cc4ccccc4nc2-3)[C@@H]1O.[3H]CP. The molecule has 3 aromatic carbocycles. The number of thiol groups is 1. The molecule has 6 aromatic heterocycles. The van der Waals surface area contributed by atoms with Crippen molar-refractivity contribution >= 4 is 78.5 Å². The van der Waals surface area contributed by atoms with Crippen LogP contribution >= 0.6 is 21.9 Å². The van der Waals surface area contributed by atoms with Gasteiger partial charge in [0.25, 0.3) is 16.7 Å². The number of benzene rings is 3. The summed E-state index contributed by atoms with van der Waals surface area (Å²) in [6.07, 6.45) is -3.62. The van der Waals surface area contributed by atoms with Crippen LogP contribution in [0.3, 0.4) is 0 Å². The van der Waals surface area contributed by atoms with Crippen molar-refractivity contribution in [3.63, 3.8) is 0 Å². The number of cyclic esters (lactones) is 3. The van der Waals surface area contributed by atoms with E-state index in [0.29, 0.717) is 88.1 Å². The zero-order chi connectivity index (χ0) is 60.8. The van der Waals surface area contributed by atoms with E-state index in [0.717, 1.165) is 55.1 Å². The predicted octanol–water partition coefficient (Wildman–Crippen LogP) is 4.78. The molecule has 0 bridgehead atoms. The minimum Gasteiger partial charge on any atom is -0.458 e. The summed E-state index contributed by atoms with van der Waals surface area (Å²) in [5.41, 5.74) is 21.4. The molecule has 0 radical (unpaired) electrons. The molecule has 12 heterocycles. The molecule has 0 saturated heterocycles. The number of esters is 4. The Morgan fingerprint density at radius 1 is 0.635 bits per heavy atom. The molecule has 6 aliphatic heterocycles. The smallest absolute Gasteiger partial charge is 0.352 e. The number of hydrogen-bond donors (Lipinski definition) is 5. The minimum absolute atomic E-state index is 0.101.